The lowest BCUT2D eigenvalue weighted by Gasteiger charge is -2.26. The summed E-state index contributed by atoms with van der Waals surface area (Å²) in [7, 11) is -2.00. The predicted octanol–water partition coefficient (Wildman–Crippen LogP) is 2.75. The molecule has 6 nitrogen and oxygen atoms in total. The first-order valence-corrected chi connectivity index (χ1v) is 10.9. The minimum Gasteiger partial charge on any atom is -0.497 e. The van der Waals surface area contributed by atoms with Crippen LogP contribution in [0.5, 0.6) is 5.75 Å². The van der Waals surface area contributed by atoms with Gasteiger partial charge in [0.1, 0.15) is 11.4 Å². The van der Waals surface area contributed by atoms with Crippen LogP contribution < -0.4 is 9.46 Å². The van der Waals surface area contributed by atoms with Crippen molar-refractivity contribution < 1.29 is 22.7 Å². The highest BCUT2D eigenvalue weighted by Crippen LogP contribution is 2.32. The summed E-state index contributed by atoms with van der Waals surface area (Å²) >= 11 is 1.35. The number of thiophene rings is 1. The van der Waals surface area contributed by atoms with E-state index in [1.807, 2.05) is 23.6 Å². The Balaban J connectivity index is 1.67. The minimum absolute atomic E-state index is 0.0781. The van der Waals surface area contributed by atoms with Gasteiger partial charge in [0.25, 0.3) is 0 Å². The lowest BCUT2D eigenvalue weighted by molar-refractivity contribution is 0.0892. The van der Waals surface area contributed by atoms with E-state index < -0.39 is 15.6 Å². The molecule has 0 fully saturated rings. The van der Waals surface area contributed by atoms with Gasteiger partial charge in [-0.05, 0) is 41.6 Å². The van der Waals surface area contributed by atoms with Crippen molar-refractivity contribution in [3.63, 3.8) is 0 Å². The van der Waals surface area contributed by atoms with Gasteiger partial charge in [-0.3, -0.25) is 0 Å². The molecule has 1 aromatic carbocycles. The second-order valence-electron chi connectivity index (χ2n) is 6.09. The van der Waals surface area contributed by atoms with E-state index in [4.69, 9.17) is 9.15 Å². The quantitative estimate of drug-likeness (QED) is 0.569. The SMILES string of the molecule is COc1ccc(CCS(=O)(=O)NCC(O)(c2ccoc2)c2cccs2)cc1. The van der Waals surface area contributed by atoms with Crippen molar-refractivity contribution in [1.82, 2.24) is 4.72 Å². The fraction of sp³-hybridized carbons (Fsp3) is 0.263. The molecule has 2 N–H and O–H groups in total. The number of methoxy groups -OCH3 is 1. The first-order chi connectivity index (χ1) is 12.9. The average molecular weight is 408 g/mol. The van der Waals surface area contributed by atoms with E-state index in [0.717, 1.165) is 11.3 Å². The zero-order chi connectivity index (χ0) is 19.3. The van der Waals surface area contributed by atoms with Gasteiger partial charge in [0.05, 0.1) is 25.4 Å². The van der Waals surface area contributed by atoms with Crippen LogP contribution in [0, 0.1) is 0 Å². The van der Waals surface area contributed by atoms with Crippen molar-refractivity contribution in [3.8, 4) is 5.75 Å². The van der Waals surface area contributed by atoms with Gasteiger partial charge in [-0.2, -0.15) is 0 Å². The van der Waals surface area contributed by atoms with Gasteiger partial charge in [0, 0.05) is 17.0 Å². The minimum atomic E-state index is -3.58. The molecule has 1 atom stereocenters. The normalized spacial score (nSPS) is 14.0. The van der Waals surface area contributed by atoms with E-state index in [1.54, 1.807) is 31.4 Å². The van der Waals surface area contributed by atoms with Crippen LogP contribution in [0.2, 0.25) is 0 Å². The molecule has 0 aliphatic carbocycles. The largest absolute Gasteiger partial charge is 0.497 e. The Morgan fingerprint density at radius 3 is 2.59 bits per heavy atom. The molecule has 0 saturated heterocycles. The fourth-order valence-electron chi connectivity index (χ4n) is 2.68. The molecule has 0 amide bonds. The van der Waals surface area contributed by atoms with Crippen LogP contribution in [0.25, 0.3) is 0 Å². The van der Waals surface area contributed by atoms with Crippen molar-refractivity contribution in [2.45, 2.75) is 12.0 Å². The van der Waals surface area contributed by atoms with Crippen molar-refractivity contribution in [1.29, 1.82) is 0 Å². The lowest BCUT2D eigenvalue weighted by Crippen LogP contribution is -2.41. The maximum atomic E-state index is 12.4. The Hall–Kier alpha value is -2.13. The number of benzene rings is 1. The van der Waals surface area contributed by atoms with E-state index in [-0.39, 0.29) is 12.3 Å². The average Bonchev–Trinajstić information content (AvgIpc) is 3.39. The number of rotatable bonds is 9. The van der Waals surface area contributed by atoms with Gasteiger partial charge >= 0.3 is 0 Å². The van der Waals surface area contributed by atoms with Gasteiger partial charge in [0.2, 0.25) is 10.0 Å². The number of hydrogen-bond acceptors (Lipinski definition) is 6. The molecule has 8 heteroatoms. The van der Waals surface area contributed by atoms with Crippen molar-refractivity contribution >= 4 is 21.4 Å². The number of nitrogens with one attached hydrogen (secondary N) is 1. The zero-order valence-corrected chi connectivity index (χ0v) is 16.4. The Kier molecular flexibility index (Phi) is 6.01. The number of aryl methyl sites for hydroxylation is 1. The first kappa shape index (κ1) is 19.6. The molecule has 0 aliphatic heterocycles. The summed E-state index contributed by atoms with van der Waals surface area (Å²) < 4.78 is 37.6. The van der Waals surface area contributed by atoms with Crippen LogP contribution in [0.15, 0.2) is 64.8 Å². The van der Waals surface area contributed by atoms with E-state index in [9.17, 15) is 13.5 Å². The maximum Gasteiger partial charge on any atom is 0.212 e. The first-order valence-electron chi connectivity index (χ1n) is 8.32. The molecule has 0 spiro atoms. The Bertz CT molecular complexity index is 898. The summed E-state index contributed by atoms with van der Waals surface area (Å²) in [5, 5.41) is 13.0. The van der Waals surface area contributed by atoms with E-state index >= 15 is 0 Å². The summed E-state index contributed by atoms with van der Waals surface area (Å²) in [5.74, 6) is 0.645. The van der Waals surface area contributed by atoms with Gasteiger partial charge in [-0.1, -0.05) is 18.2 Å². The van der Waals surface area contributed by atoms with Crippen molar-refractivity contribution in [2.75, 3.05) is 19.4 Å². The summed E-state index contributed by atoms with van der Waals surface area (Å²) in [6.07, 6.45) is 3.24. The summed E-state index contributed by atoms with van der Waals surface area (Å²) in [4.78, 5) is 0.641. The molecule has 27 heavy (non-hydrogen) atoms. The van der Waals surface area contributed by atoms with Gasteiger partial charge in [-0.15, -0.1) is 11.3 Å². The smallest absolute Gasteiger partial charge is 0.212 e. The highest BCUT2D eigenvalue weighted by Gasteiger charge is 2.35. The van der Waals surface area contributed by atoms with Gasteiger partial charge in [0.15, 0.2) is 0 Å². The fourth-order valence-corrected chi connectivity index (χ4v) is 4.60. The number of furan rings is 1. The monoisotopic (exact) mass is 407 g/mol. The molecule has 0 radical (unpaired) electrons. The third kappa shape index (κ3) is 4.78. The number of hydrogen-bond donors (Lipinski definition) is 2. The number of ether oxygens (including phenoxy) is 1. The highest BCUT2D eigenvalue weighted by atomic mass is 32.2. The molecule has 2 aromatic heterocycles. The highest BCUT2D eigenvalue weighted by molar-refractivity contribution is 7.89. The Morgan fingerprint density at radius 2 is 2.00 bits per heavy atom. The van der Waals surface area contributed by atoms with E-state index in [0.29, 0.717) is 16.9 Å². The lowest BCUT2D eigenvalue weighted by atomic mass is 9.95. The van der Waals surface area contributed by atoms with Crippen LogP contribution in [0.4, 0.5) is 0 Å². The molecule has 0 saturated carbocycles. The van der Waals surface area contributed by atoms with E-state index in [1.165, 1.54) is 23.9 Å². The molecule has 0 bridgehead atoms. The second-order valence-corrected chi connectivity index (χ2v) is 8.96. The molecular weight excluding hydrogens is 386 g/mol. The third-order valence-electron chi connectivity index (χ3n) is 4.29. The molecule has 2 heterocycles. The molecule has 1 unspecified atom stereocenters. The second kappa shape index (κ2) is 8.26. The van der Waals surface area contributed by atoms with Crippen LogP contribution in [-0.2, 0) is 22.0 Å². The molecule has 3 aromatic rings. The molecule has 3 rings (SSSR count). The van der Waals surface area contributed by atoms with Crippen LogP contribution in [0.1, 0.15) is 16.0 Å². The van der Waals surface area contributed by atoms with E-state index in [2.05, 4.69) is 4.72 Å². The molecule has 144 valence electrons. The van der Waals surface area contributed by atoms with Gasteiger partial charge < -0.3 is 14.3 Å². The maximum absolute atomic E-state index is 12.4. The summed E-state index contributed by atoms with van der Waals surface area (Å²) in [5.41, 5.74) is -0.0821. The topological polar surface area (TPSA) is 88.8 Å². The van der Waals surface area contributed by atoms with Gasteiger partial charge in [-0.25, -0.2) is 13.1 Å². The van der Waals surface area contributed by atoms with Crippen LogP contribution >= 0.6 is 11.3 Å². The standard InChI is InChI=1S/C19H21NO5S2/c1-24-17-6-4-15(5-7-17)9-12-27(22,23)20-14-19(21,16-8-10-25-13-16)18-3-2-11-26-18/h2-8,10-11,13,20-21H,9,12,14H2,1H3. The molecular formula is C19H21NO5S2. The zero-order valence-electron chi connectivity index (χ0n) is 14.8. The number of aliphatic hydroxyl groups is 1. The third-order valence-corrected chi connectivity index (χ3v) is 6.64. The van der Waals surface area contributed by atoms with Crippen molar-refractivity contribution in [3.05, 3.63) is 76.4 Å². The number of sulfonamides is 1. The van der Waals surface area contributed by atoms with Crippen molar-refractivity contribution in [2.24, 2.45) is 0 Å². The predicted molar refractivity (Wildman–Crippen MR) is 105 cm³/mol. The summed E-state index contributed by atoms with van der Waals surface area (Å²) in [6.45, 7) is -0.169. The molecule has 0 aliphatic rings. The van der Waals surface area contributed by atoms with Crippen LogP contribution in [0.3, 0.4) is 0 Å². The Morgan fingerprint density at radius 1 is 1.22 bits per heavy atom. The van der Waals surface area contributed by atoms with Crippen LogP contribution in [-0.4, -0.2) is 32.9 Å². The Labute approximate surface area is 162 Å². The summed E-state index contributed by atoms with van der Waals surface area (Å²) in [6, 6.07) is 12.5.